The van der Waals surface area contributed by atoms with Gasteiger partial charge in [0.25, 0.3) is 0 Å². The topological polar surface area (TPSA) is 79.2 Å². The largest absolute Gasteiger partial charge is 0.391 e. The van der Waals surface area contributed by atoms with Gasteiger partial charge in [-0.05, 0) is 25.5 Å². The van der Waals surface area contributed by atoms with Crippen LogP contribution in [0.25, 0.3) is 0 Å². The average molecular weight is 264 g/mol. The van der Waals surface area contributed by atoms with Gasteiger partial charge < -0.3 is 24.8 Å². The molecule has 0 bridgehead atoms. The monoisotopic (exact) mass is 264 g/mol. The van der Waals surface area contributed by atoms with Crippen molar-refractivity contribution in [2.45, 2.75) is 55.2 Å². The second kappa shape index (κ2) is 5.42. The lowest BCUT2D eigenvalue weighted by molar-refractivity contribution is -0.257. The fraction of sp³-hybridized carbons (Fsp3) is 1.00. The molecule has 0 aromatic heterocycles. The summed E-state index contributed by atoms with van der Waals surface area (Å²) < 4.78 is 11.1. The van der Waals surface area contributed by atoms with Crippen LogP contribution in [0.4, 0.5) is 0 Å². The van der Waals surface area contributed by atoms with Crippen molar-refractivity contribution < 1.29 is 24.8 Å². The summed E-state index contributed by atoms with van der Waals surface area (Å²) in [5.74, 6) is 0. The van der Waals surface area contributed by atoms with Gasteiger partial charge in [-0.2, -0.15) is 0 Å². The van der Waals surface area contributed by atoms with Gasteiger partial charge in [-0.1, -0.05) is 0 Å². The smallest absolute Gasteiger partial charge is 0.215 e. The molecule has 100 valence electrons. The summed E-state index contributed by atoms with van der Waals surface area (Å²) in [4.78, 5) is 0. The van der Waals surface area contributed by atoms with E-state index in [0.29, 0.717) is 25.7 Å². The second-order valence-corrected chi connectivity index (χ2v) is 5.75. The van der Waals surface area contributed by atoms with E-state index in [2.05, 4.69) is 0 Å². The van der Waals surface area contributed by atoms with Gasteiger partial charge in [-0.15, -0.1) is 11.8 Å². The van der Waals surface area contributed by atoms with Crippen molar-refractivity contribution in [1.82, 2.24) is 0 Å². The van der Waals surface area contributed by atoms with E-state index < -0.39 is 23.4 Å². The molecule has 0 spiro atoms. The van der Waals surface area contributed by atoms with Gasteiger partial charge in [0, 0.05) is 6.42 Å². The molecule has 0 amide bonds. The van der Waals surface area contributed by atoms with Gasteiger partial charge in [0.1, 0.15) is 6.10 Å². The minimum Gasteiger partial charge on any atom is -0.391 e. The normalized spacial score (nSPS) is 48.0. The maximum absolute atomic E-state index is 10.1. The summed E-state index contributed by atoms with van der Waals surface area (Å²) in [7, 11) is 0. The number of rotatable bonds is 2. The molecular weight excluding hydrogens is 244 g/mol. The van der Waals surface area contributed by atoms with Gasteiger partial charge in [-0.25, -0.2) is 0 Å². The van der Waals surface area contributed by atoms with E-state index in [0.717, 1.165) is 0 Å². The number of ether oxygens (including phenoxy) is 2. The number of hydrogen-bond donors (Lipinski definition) is 3. The van der Waals surface area contributed by atoms with Crippen LogP contribution in [0.3, 0.4) is 0 Å². The van der Waals surface area contributed by atoms with Crippen LogP contribution in [0.5, 0.6) is 0 Å². The molecule has 5 nitrogen and oxygen atoms in total. The predicted molar refractivity (Wildman–Crippen MR) is 63.6 cm³/mol. The van der Waals surface area contributed by atoms with Crippen LogP contribution >= 0.6 is 11.8 Å². The SMILES string of the molecule is CSC1(O)CCC(O)[C@@H](C2CCC(O)CO2)O1. The molecular formula is C11H20O5S. The van der Waals surface area contributed by atoms with E-state index in [9.17, 15) is 15.3 Å². The van der Waals surface area contributed by atoms with E-state index in [1.165, 1.54) is 11.8 Å². The first kappa shape index (κ1) is 13.6. The Morgan fingerprint density at radius 3 is 2.59 bits per heavy atom. The molecule has 0 aliphatic carbocycles. The number of aliphatic hydroxyl groups is 3. The standard InChI is InChI=1S/C11H20O5S/c1-17-11(14)5-4-8(13)10(16-11)9-3-2-7(12)6-15-9/h7-10,12-14H,2-6H2,1H3/t7?,8?,9?,10-,11?/m0/s1. The lowest BCUT2D eigenvalue weighted by Gasteiger charge is -2.43. The Labute approximate surface area is 105 Å². The molecule has 0 radical (unpaired) electrons. The van der Waals surface area contributed by atoms with Gasteiger partial charge >= 0.3 is 0 Å². The van der Waals surface area contributed by atoms with Crippen LogP contribution in [-0.4, -0.2) is 57.7 Å². The first-order valence-corrected chi connectivity index (χ1v) is 7.19. The molecule has 2 rings (SSSR count). The fourth-order valence-corrected chi connectivity index (χ4v) is 2.86. The van der Waals surface area contributed by atoms with Crippen molar-refractivity contribution in [3.8, 4) is 0 Å². The molecule has 5 atom stereocenters. The molecule has 0 saturated carbocycles. The van der Waals surface area contributed by atoms with Crippen molar-refractivity contribution in [3.63, 3.8) is 0 Å². The quantitative estimate of drug-likeness (QED) is 0.613. The van der Waals surface area contributed by atoms with E-state index in [1.807, 2.05) is 0 Å². The minimum atomic E-state index is -1.22. The summed E-state index contributed by atoms with van der Waals surface area (Å²) in [5, 5.41) is 28.1. The second-order valence-electron chi connectivity index (χ2n) is 4.71. The van der Waals surface area contributed by atoms with Gasteiger partial charge in [0.15, 0.2) is 0 Å². The Kier molecular flexibility index (Phi) is 4.33. The van der Waals surface area contributed by atoms with Crippen molar-refractivity contribution in [1.29, 1.82) is 0 Å². The highest BCUT2D eigenvalue weighted by molar-refractivity contribution is 7.99. The molecule has 3 N–H and O–H groups in total. The van der Waals surface area contributed by atoms with Crippen molar-refractivity contribution >= 4 is 11.8 Å². The Morgan fingerprint density at radius 1 is 1.24 bits per heavy atom. The Balaban J connectivity index is 1.98. The van der Waals surface area contributed by atoms with Gasteiger partial charge in [0.05, 0.1) is 24.9 Å². The van der Waals surface area contributed by atoms with Crippen LogP contribution in [0, 0.1) is 0 Å². The Morgan fingerprint density at radius 2 is 2.00 bits per heavy atom. The molecule has 0 aromatic carbocycles. The molecule has 6 heteroatoms. The zero-order valence-corrected chi connectivity index (χ0v) is 10.7. The van der Waals surface area contributed by atoms with Crippen LogP contribution in [0.15, 0.2) is 0 Å². The van der Waals surface area contributed by atoms with Gasteiger partial charge in [-0.3, -0.25) is 0 Å². The highest BCUT2D eigenvalue weighted by Gasteiger charge is 2.44. The highest BCUT2D eigenvalue weighted by Crippen LogP contribution is 2.37. The van der Waals surface area contributed by atoms with E-state index in [1.54, 1.807) is 6.26 Å². The minimum absolute atomic E-state index is 0.243. The average Bonchev–Trinajstić information content (AvgIpc) is 2.34. The van der Waals surface area contributed by atoms with Crippen LogP contribution in [0.2, 0.25) is 0 Å². The first-order valence-electron chi connectivity index (χ1n) is 5.97. The zero-order chi connectivity index (χ0) is 12.5. The fourth-order valence-electron chi connectivity index (χ4n) is 2.34. The molecule has 17 heavy (non-hydrogen) atoms. The lowest BCUT2D eigenvalue weighted by Crippen LogP contribution is -2.53. The van der Waals surface area contributed by atoms with Crippen molar-refractivity contribution in [2.75, 3.05) is 12.9 Å². The van der Waals surface area contributed by atoms with Crippen molar-refractivity contribution in [3.05, 3.63) is 0 Å². The van der Waals surface area contributed by atoms with Gasteiger partial charge in [0.2, 0.25) is 5.12 Å². The predicted octanol–water partition coefficient (Wildman–Crippen LogP) is 0.0753. The maximum Gasteiger partial charge on any atom is 0.215 e. The summed E-state index contributed by atoms with van der Waals surface area (Å²) in [6.45, 7) is 0.273. The third kappa shape index (κ3) is 3.13. The summed E-state index contributed by atoms with van der Waals surface area (Å²) >= 11 is 1.24. The summed E-state index contributed by atoms with van der Waals surface area (Å²) in [6, 6.07) is 0. The third-order valence-corrected chi connectivity index (χ3v) is 4.37. The number of aliphatic hydroxyl groups excluding tert-OH is 2. The molecule has 2 aliphatic heterocycles. The summed E-state index contributed by atoms with van der Waals surface area (Å²) in [6.07, 6.45) is 2.21. The lowest BCUT2D eigenvalue weighted by atomic mass is 9.94. The van der Waals surface area contributed by atoms with E-state index >= 15 is 0 Å². The maximum atomic E-state index is 10.1. The highest BCUT2D eigenvalue weighted by atomic mass is 32.2. The number of thioether (sulfide) groups is 1. The molecule has 0 aromatic rings. The van der Waals surface area contributed by atoms with Crippen LogP contribution < -0.4 is 0 Å². The zero-order valence-electron chi connectivity index (χ0n) is 9.91. The Hall–Kier alpha value is 0.150. The number of hydrogen-bond acceptors (Lipinski definition) is 6. The third-order valence-electron chi connectivity index (χ3n) is 3.43. The summed E-state index contributed by atoms with van der Waals surface area (Å²) in [5.41, 5.74) is 0. The Bertz CT molecular complexity index is 256. The molecule has 2 heterocycles. The molecule has 2 fully saturated rings. The first-order chi connectivity index (χ1) is 8.04. The van der Waals surface area contributed by atoms with Crippen LogP contribution in [0.1, 0.15) is 25.7 Å². The van der Waals surface area contributed by atoms with E-state index in [-0.39, 0.29) is 12.7 Å². The van der Waals surface area contributed by atoms with E-state index in [4.69, 9.17) is 9.47 Å². The molecule has 4 unspecified atom stereocenters. The van der Waals surface area contributed by atoms with Crippen LogP contribution in [-0.2, 0) is 9.47 Å². The molecule has 2 saturated heterocycles. The van der Waals surface area contributed by atoms with Crippen molar-refractivity contribution in [2.24, 2.45) is 0 Å². The molecule has 2 aliphatic rings.